The smallest absolute Gasteiger partial charge is 0.293 e. The second-order valence-corrected chi connectivity index (χ2v) is 9.04. The van der Waals surface area contributed by atoms with Crippen molar-refractivity contribution < 1.29 is 13.3 Å². The predicted octanol–water partition coefficient (Wildman–Crippen LogP) is 0.399. The lowest BCUT2D eigenvalue weighted by Crippen LogP contribution is -2.38. The van der Waals surface area contributed by atoms with Crippen LogP contribution < -0.4 is 26.2 Å². The molecule has 29 heavy (non-hydrogen) atoms. The Hall–Kier alpha value is -2.30. The predicted molar refractivity (Wildman–Crippen MR) is 108 cm³/mol. The Kier molecular flexibility index (Phi) is 7.50. The summed E-state index contributed by atoms with van der Waals surface area (Å²) in [7, 11) is -2.13. The molecule has 160 valence electrons. The van der Waals surface area contributed by atoms with Gasteiger partial charge >= 0.3 is 0 Å². The molecule has 1 heterocycles. The Balaban J connectivity index is 2.11. The van der Waals surface area contributed by atoms with E-state index in [-0.39, 0.29) is 28.6 Å². The van der Waals surface area contributed by atoms with E-state index in [4.69, 9.17) is 5.73 Å². The van der Waals surface area contributed by atoms with Gasteiger partial charge in [-0.25, -0.2) is 18.6 Å². The van der Waals surface area contributed by atoms with Crippen molar-refractivity contribution >= 4 is 21.4 Å². The van der Waals surface area contributed by atoms with Gasteiger partial charge in [-0.3, -0.25) is 15.5 Å². The number of benzene rings is 1. The SMILES string of the molecule is CC(C)NS(=O)(=O)c1ccc(N(C)CCCC2NNC(N)C2C#N)c([N+](=O)[O-])c1. The second-order valence-electron chi connectivity index (χ2n) is 7.32. The number of anilines is 1. The molecule has 2 rings (SSSR count). The Morgan fingerprint density at radius 1 is 1.41 bits per heavy atom. The number of nitriles is 1. The molecule has 0 radical (unpaired) electrons. The first-order chi connectivity index (χ1) is 13.6. The van der Waals surface area contributed by atoms with E-state index in [0.717, 1.165) is 6.07 Å². The standard InChI is InChI=1S/C17H27N7O4S/c1-11(2)22-29(27,28)12-6-7-15(16(9-12)24(25)26)23(3)8-4-5-14-13(10-18)17(19)21-20-14/h6-7,9,11,13-14,17,20-22H,4-5,8,19H2,1-3H3. The fraction of sp³-hybridized carbons (Fsp3) is 0.588. The third-order valence-corrected chi connectivity index (χ3v) is 6.33. The van der Waals surface area contributed by atoms with Crippen molar-refractivity contribution in [3.8, 4) is 6.07 Å². The highest BCUT2D eigenvalue weighted by Crippen LogP contribution is 2.30. The zero-order valence-electron chi connectivity index (χ0n) is 16.6. The molecule has 1 aromatic rings. The number of hydrogen-bond donors (Lipinski definition) is 4. The maximum atomic E-state index is 12.3. The number of nitrogens with one attached hydrogen (secondary N) is 3. The number of hydrogen-bond acceptors (Lipinski definition) is 9. The van der Waals surface area contributed by atoms with Gasteiger partial charge in [0.1, 0.15) is 5.69 Å². The van der Waals surface area contributed by atoms with Crippen LogP contribution in [0.1, 0.15) is 26.7 Å². The Morgan fingerprint density at radius 2 is 2.10 bits per heavy atom. The first-order valence-corrected chi connectivity index (χ1v) is 10.7. The highest BCUT2D eigenvalue weighted by molar-refractivity contribution is 7.89. The summed E-state index contributed by atoms with van der Waals surface area (Å²) in [5.74, 6) is -0.354. The lowest BCUT2D eigenvalue weighted by molar-refractivity contribution is -0.384. The zero-order valence-corrected chi connectivity index (χ0v) is 17.4. The quantitative estimate of drug-likeness (QED) is 0.323. The summed E-state index contributed by atoms with van der Waals surface area (Å²) < 4.78 is 27.0. The summed E-state index contributed by atoms with van der Waals surface area (Å²) in [5.41, 5.74) is 11.7. The fourth-order valence-electron chi connectivity index (χ4n) is 3.24. The third-order valence-electron chi connectivity index (χ3n) is 4.67. The minimum Gasteiger partial charge on any atom is -0.369 e. The summed E-state index contributed by atoms with van der Waals surface area (Å²) in [5, 5.41) is 20.7. The molecule has 0 aliphatic carbocycles. The van der Waals surface area contributed by atoms with E-state index in [1.54, 1.807) is 25.8 Å². The summed E-state index contributed by atoms with van der Waals surface area (Å²) >= 11 is 0. The van der Waals surface area contributed by atoms with Crippen LogP contribution in [0.5, 0.6) is 0 Å². The summed E-state index contributed by atoms with van der Waals surface area (Å²) in [6.45, 7) is 3.84. The maximum absolute atomic E-state index is 12.3. The lowest BCUT2D eigenvalue weighted by Gasteiger charge is -2.21. The van der Waals surface area contributed by atoms with Crippen molar-refractivity contribution in [1.29, 1.82) is 5.26 Å². The second kappa shape index (κ2) is 9.47. The van der Waals surface area contributed by atoms with Crippen LogP contribution in [-0.4, -0.2) is 45.2 Å². The fourth-order valence-corrected chi connectivity index (χ4v) is 4.51. The highest BCUT2D eigenvalue weighted by atomic mass is 32.2. The van der Waals surface area contributed by atoms with E-state index in [9.17, 15) is 23.8 Å². The molecule has 3 atom stereocenters. The lowest BCUT2D eigenvalue weighted by atomic mass is 9.97. The molecule has 0 saturated carbocycles. The largest absolute Gasteiger partial charge is 0.369 e. The van der Waals surface area contributed by atoms with Gasteiger partial charge < -0.3 is 10.6 Å². The molecule has 1 saturated heterocycles. The number of hydrazine groups is 1. The van der Waals surface area contributed by atoms with Crippen LogP contribution in [0, 0.1) is 27.4 Å². The molecule has 12 heteroatoms. The molecule has 3 unspecified atom stereocenters. The Labute approximate surface area is 170 Å². The molecule has 1 fully saturated rings. The van der Waals surface area contributed by atoms with Crippen molar-refractivity contribution in [3.05, 3.63) is 28.3 Å². The molecule has 1 aliphatic heterocycles. The van der Waals surface area contributed by atoms with Crippen LogP contribution in [0.3, 0.4) is 0 Å². The van der Waals surface area contributed by atoms with Gasteiger partial charge in [-0.05, 0) is 38.8 Å². The van der Waals surface area contributed by atoms with Gasteiger partial charge in [0.15, 0.2) is 0 Å². The van der Waals surface area contributed by atoms with E-state index >= 15 is 0 Å². The molecule has 1 aliphatic rings. The molecule has 1 aromatic carbocycles. The molecule has 5 N–H and O–H groups in total. The molecule has 11 nitrogen and oxygen atoms in total. The molecule has 0 amide bonds. The van der Waals surface area contributed by atoms with Gasteiger partial charge in [0, 0.05) is 31.7 Å². The van der Waals surface area contributed by atoms with Gasteiger partial charge in [0.2, 0.25) is 10.0 Å². The molecule has 0 aromatic heterocycles. The summed E-state index contributed by atoms with van der Waals surface area (Å²) in [6, 6.07) is 5.62. The van der Waals surface area contributed by atoms with Crippen molar-refractivity contribution in [2.24, 2.45) is 11.7 Å². The van der Waals surface area contributed by atoms with Crippen molar-refractivity contribution in [2.45, 2.75) is 49.8 Å². The van der Waals surface area contributed by atoms with Gasteiger partial charge in [-0.2, -0.15) is 5.26 Å². The van der Waals surface area contributed by atoms with Crippen molar-refractivity contribution in [3.63, 3.8) is 0 Å². The van der Waals surface area contributed by atoms with Crippen LogP contribution in [0.25, 0.3) is 0 Å². The van der Waals surface area contributed by atoms with Gasteiger partial charge in [-0.1, -0.05) is 0 Å². The maximum Gasteiger partial charge on any atom is 0.293 e. The Bertz CT molecular complexity index is 884. The number of nitro groups is 1. The Morgan fingerprint density at radius 3 is 2.69 bits per heavy atom. The minimum atomic E-state index is -3.83. The van der Waals surface area contributed by atoms with Gasteiger partial charge in [-0.15, -0.1) is 0 Å². The topological polar surface area (TPSA) is 166 Å². The first-order valence-electron chi connectivity index (χ1n) is 9.25. The molecular weight excluding hydrogens is 398 g/mol. The van der Waals surface area contributed by atoms with E-state index in [1.807, 2.05) is 0 Å². The van der Waals surface area contributed by atoms with Crippen LogP contribution in [-0.2, 0) is 10.0 Å². The van der Waals surface area contributed by atoms with Crippen LogP contribution in [0.4, 0.5) is 11.4 Å². The van der Waals surface area contributed by atoms with E-state index in [0.29, 0.717) is 25.1 Å². The average molecular weight is 426 g/mol. The van der Waals surface area contributed by atoms with Crippen LogP contribution in [0.2, 0.25) is 0 Å². The number of nitro benzene ring substituents is 1. The highest BCUT2D eigenvalue weighted by Gasteiger charge is 2.33. The number of sulfonamides is 1. The van der Waals surface area contributed by atoms with E-state index < -0.39 is 21.1 Å². The minimum absolute atomic E-state index is 0.104. The van der Waals surface area contributed by atoms with E-state index in [2.05, 4.69) is 21.6 Å². The molecular formula is C17H27N7O4S. The number of rotatable bonds is 9. The van der Waals surface area contributed by atoms with E-state index in [1.165, 1.54) is 12.1 Å². The van der Waals surface area contributed by atoms with Crippen LogP contribution in [0.15, 0.2) is 23.1 Å². The van der Waals surface area contributed by atoms with Gasteiger partial charge in [0.05, 0.1) is 28.0 Å². The normalized spacial score (nSPS) is 21.9. The number of nitrogens with two attached hydrogens (primary N) is 1. The third kappa shape index (κ3) is 5.62. The van der Waals surface area contributed by atoms with Crippen LogP contribution >= 0.6 is 0 Å². The summed E-state index contributed by atoms with van der Waals surface area (Å²) in [6.07, 6.45) is 0.882. The van der Waals surface area contributed by atoms with Gasteiger partial charge in [0.25, 0.3) is 5.69 Å². The molecule has 0 bridgehead atoms. The summed E-state index contributed by atoms with van der Waals surface area (Å²) in [4.78, 5) is 12.5. The van der Waals surface area contributed by atoms with Crippen molar-refractivity contribution in [2.75, 3.05) is 18.5 Å². The number of nitrogens with zero attached hydrogens (tertiary/aromatic N) is 3. The molecule has 0 spiro atoms. The van der Waals surface area contributed by atoms with Crippen molar-refractivity contribution in [1.82, 2.24) is 15.6 Å². The first kappa shape index (κ1) is 23.0. The monoisotopic (exact) mass is 425 g/mol. The average Bonchev–Trinajstić information content (AvgIpc) is 2.99. The zero-order chi connectivity index (χ0) is 21.8.